The highest BCUT2D eigenvalue weighted by molar-refractivity contribution is 5.98. The minimum Gasteiger partial charge on any atom is -0.352 e. The number of carbonyl (C=O) groups is 1. The zero-order valence-corrected chi connectivity index (χ0v) is 17.3. The summed E-state index contributed by atoms with van der Waals surface area (Å²) in [4.78, 5) is 23.6. The van der Waals surface area contributed by atoms with Crippen LogP contribution < -0.4 is 10.2 Å². The van der Waals surface area contributed by atoms with Crippen LogP contribution in [-0.4, -0.2) is 68.5 Å². The third kappa shape index (κ3) is 4.27. The van der Waals surface area contributed by atoms with Gasteiger partial charge in [0.2, 0.25) is 0 Å². The molecule has 0 atom stereocenters. The number of fused-ring (bicyclic) bond motifs is 1. The Morgan fingerprint density at radius 1 is 1.00 bits per heavy atom. The first-order valence-corrected chi connectivity index (χ1v) is 10.3. The van der Waals surface area contributed by atoms with Crippen molar-refractivity contribution in [2.75, 3.05) is 51.7 Å². The maximum Gasteiger partial charge on any atom is 0.253 e. The third-order valence-corrected chi connectivity index (χ3v) is 5.80. The summed E-state index contributed by atoms with van der Waals surface area (Å²) in [6.07, 6.45) is 1.04. The molecule has 29 heavy (non-hydrogen) atoms. The molecule has 0 aromatic heterocycles. The molecule has 6 nitrogen and oxygen atoms in total. The minimum absolute atomic E-state index is 0.127. The van der Waals surface area contributed by atoms with Crippen molar-refractivity contribution in [1.29, 1.82) is 0 Å². The zero-order chi connectivity index (χ0) is 20.2. The molecule has 2 aromatic rings. The number of guanidine groups is 1. The molecule has 0 spiro atoms. The normalized spacial score (nSPS) is 17.4. The summed E-state index contributed by atoms with van der Waals surface area (Å²) in [6, 6.07) is 16.4. The molecule has 2 heterocycles. The Morgan fingerprint density at radius 2 is 1.72 bits per heavy atom. The van der Waals surface area contributed by atoms with E-state index in [9.17, 15) is 4.79 Å². The van der Waals surface area contributed by atoms with Gasteiger partial charge in [-0.05, 0) is 42.8 Å². The molecule has 0 bridgehead atoms. The number of likely N-dealkylation sites (N-methyl/N-ethyl adjacent to an activating group) is 1. The lowest BCUT2D eigenvalue weighted by atomic mass is 10.1. The van der Waals surface area contributed by atoms with E-state index >= 15 is 0 Å². The smallest absolute Gasteiger partial charge is 0.253 e. The molecule has 2 aliphatic rings. The van der Waals surface area contributed by atoms with Crippen LogP contribution in [0.1, 0.15) is 21.5 Å². The number of carbonyl (C=O) groups excluding carboxylic acids is 1. The first-order chi connectivity index (χ1) is 14.2. The molecule has 0 radical (unpaired) electrons. The van der Waals surface area contributed by atoms with E-state index in [0.717, 1.165) is 56.2 Å². The fraction of sp³-hybridized carbons (Fsp3) is 0.391. The number of para-hydroxylation sites is 1. The van der Waals surface area contributed by atoms with Gasteiger partial charge in [0, 0.05) is 57.6 Å². The molecule has 1 fully saturated rings. The number of nitrogens with one attached hydrogen (secondary N) is 1. The van der Waals surface area contributed by atoms with Crippen LogP contribution in [0.5, 0.6) is 0 Å². The summed E-state index contributed by atoms with van der Waals surface area (Å²) < 4.78 is 0. The van der Waals surface area contributed by atoms with Gasteiger partial charge in [-0.3, -0.25) is 9.79 Å². The third-order valence-electron chi connectivity index (χ3n) is 5.80. The summed E-state index contributed by atoms with van der Waals surface area (Å²) in [7, 11) is 3.92. The average molecular weight is 392 g/mol. The highest BCUT2D eigenvalue weighted by Crippen LogP contribution is 2.27. The van der Waals surface area contributed by atoms with Crippen LogP contribution >= 0.6 is 0 Å². The molecule has 0 saturated carbocycles. The molecule has 1 N–H and O–H groups in total. The average Bonchev–Trinajstić information content (AvgIpc) is 3.19. The number of anilines is 1. The largest absolute Gasteiger partial charge is 0.352 e. The molecule has 1 amide bonds. The van der Waals surface area contributed by atoms with E-state index in [2.05, 4.69) is 51.4 Å². The number of aliphatic imine (C=N–C) groups is 1. The lowest BCUT2D eigenvalue weighted by molar-refractivity contribution is 0.0664. The highest BCUT2D eigenvalue weighted by Gasteiger charge is 2.22. The van der Waals surface area contributed by atoms with Crippen molar-refractivity contribution >= 4 is 17.6 Å². The molecule has 6 heteroatoms. The van der Waals surface area contributed by atoms with Crippen molar-refractivity contribution in [1.82, 2.24) is 15.1 Å². The van der Waals surface area contributed by atoms with Gasteiger partial charge in [0.1, 0.15) is 0 Å². The summed E-state index contributed by atoms with van der Waals surface area (Å²) in [5.41, 5.74) is 4.49. The Morgan fingerprint density at radius 3 is 2.45 bits per heavy atom. The maximum absolute atomic E-state index is 12.7. The topological polar surface area (TPSA) is 51.2 Å². The minimum atomic E-state index is 0.127. The standard InChI is InChI=1S/C23H29N5O/c1-24-23(28-12-11-19-5-3-4-6-21(19)28)25-17-18-7-9-20(10-8-18)22(29)27-15-13-26(2)14-16-27/h3-10H,11-17H2,1-2H3,(H,24,25). The monoisotopic (exact) mass is 391 g/mol. The van der Waals surface area contributed by atoms with Crippen LogP contribution in [0.15, 0.2) is 53.5 Å². The van der Waals surface area contributed by atoms with Crippen molar-refractivity contribution in [3.8, 4) is 0 Å². The van der Waals surface area contributed by atoms with E-state index in [0.29, 0.717) is 6.54 Å². The number of benzene rings is 2. The van der Waals surface area contributed by atoms with Crippen LogP contribution in [0.2, 0.25) is 0 Å². The van der Waals surface area contributed by atoms with Gasteiger partial charge in [-0.2, -0.15) is 0 Å². The van der Waals surface area contributed by atoms with Crippen LogP contribution in [-0.2, 0) is 13.0 Å². The zero-order valence-electron chi connectivity index (χ0n) is 17.3. The van der Waals surface area contributed by atoms with Crippen LogP contribution in [0.4, 0.5) is 5.69 Å². The van der Waals surface area contributed by atoms with Gasteiger partial charge in [0.05, 0.1) is 0 Å². The Hall–Kier alpha value is -2.86. The molecule has 0 unspecified atom stereocenters. The number of hydrogen-bond acceptors (Lipinski definition) is 3. The Kier molecular flexibility index (Phi) is 5.81. The lowest BCUT2D eigenvalue weighted by Crippen LogP contribution is -2.47. The quantitative estimate of drug-likeness (QED) is 0.644. The van der Waals surface area contributed by atoms with Gasteiger partial charge in [-0.25, -0.2) is 0 Å². The summed E-state index contributed by atoms with van der Waals surface area (Å²) >= 11 is 0. The van der Waals surface area contributed by atoms with Crippen molar-refractivity contribution in [3.05, 3.63) is 65.2 Å². The molecular weight excluding hydrogens is 362 g/mol. The Bertz CT molecular complexity index is 884. The lowest BCUT2D eigenvalue weighted by Gasteiger charge is -2.32. The van der Waals surface area contributed by atoms with Gasteiger partial charge in [0.15, 0.2) is 5.96 Å². The second kappa shape index (κ2) is 8.66. The molecule has 2 aliphatic heterocycles. The van der Waals surface area contributed by atoms with Gasteiger partial charge in [-0.15, -0.1) is 0 Å². The van der Waals surface area contributed by atoms with Crippen LogP contribution in [0.25, 0.3) is 0 Å². The molecule has 2 aromatic carbocycles. The number of amides is 1. The van der Waals surface area contributed by atoms with E-state index in [4.69, 9.17) is 0 Å². The van der Waals surface area contributed by atoms with E-state index in [1.807, 2.05) is 36.2 Å². The van der Waals surface area contributed by atoms with Gasteiger partial charge in [-0.1, -0.05) is 30.3 Å². The first kappa shape index (κ1) is 19.5. The number of hydrogen-bond donors (Lipinski definition) is 1. The van der Waals surface area contributed by atoms with Crippen molar-refractivity contribution < 1.29 is 4.79 Å². The van der Waals surface area contributed by atoms with Crippen molar-refractivity contribution in [2.45, 2.75) is 13.0 Å². The SMILES string of the molecule is CN=C(NCc1ccc(C(=O)N2CCN(C)CC2)cc1)N1CCc2ccccc21. The predicted octanol–water partition coefficient (Wildman–Crippen LogP) is 2.21. The molecular formula is C23H29N5O. The second-order valence-electron chi connectivity index (χ2n) is 7.72. The van der Waals surface area contributed by atoms with Gasteiger partial charge < -0.3 is 20.0 Å². The fourth-order valence-corrected chi connectivity index (χ4v) is 3.99. The second-order valence-corrected chi connectivity index (χ2v) is 7.72. The fourth-order valence-electron chi connectivity index (χ4n) is 3.99. The number of nitrogens with zero attached hydrogens (tertiary/aromatic N) is 4. The summed E-state index contributed by atoms with van der Waals surface area (Å²) in [6.45, 7) is 5.09. The van der Waals surface area contributed by atoms with E-state index < -0.39 is 0 Å². The van der Waals surface area contributed by atoms with E-state index in [-0.39, 0.29) is 5.91 Å². The van der Waals surface area contributed by atoms with E-state index in [1.54, 1.807) is 0 Å². The number of rotatable bonds is 3. The highest BCUT2D eigenvalue weighted by atomic mass is 16.2. The molecule has 4 rings (SSSR count). The van der Waals surface area contributed by atoms with Crippen LogP contribution in [0, 0.1) is 0 Å². The summed E-state index contributed by atoms with van der Waals surface area (Å²) in [5.74, 6) is 1.01. The molecule has 152 valence electrons. The van der Waals surface area contributed by atoms with Crippen molar-refractivity contribution in [3.63, 3.8) is 0 Å². The predicted molar refractivity (Wildman–Crippen MR) is 118 cm³/mol. The molecule has 0 aliphatic carbocycles. The molecule has 1 saturated heterocycles. The Balaban J connectivity index is 1.36. The Labute approximate surface area is 172 Å². The first-order valence-electron chi connectivity index (χ1n) is 10.3. The van der Waals surface area contributed by atoms with Gasteiger partial charge >= 0.3 is 0 Å². The summed E-state index contributed by atoms with van der Waals surface area (Å²) in [5, 5.41) is 3.46. The van der Waals surface area contributed by atoms with Crippen LogP contribution in [0.3, 0.4) is 0 Å². The van der Waals surface area contributed by atoms with E-state index in [1.165, 1.54) is 11.3 Å². The maximum atomic E-state index is 12.7. The van der Waals surface area contributed by atoms with Gasteiger partial charge in [0.25, 0.3) is 5.91 Å². The number of piperazine rings is 1. The van der Waals surface area contributed by atoms with Crippen molar-refractivity contribution in [2.24, 2.45) is 4.99 Å².